The molecule has 0 fully saturated rings. The summed E-state index contributed by atoms with van der Waals surface area (Å²) in [7, 11) is 1.96. The van der Waals surface area contributed by atoms with Crippen molar-refractivity contribution >= 4 is 17.2 Å². The Morgan fingerprint density at radius 2 is 2.19 bits per heavy atom. The first kappa shape index (κ1) is 10.7. The first-order chi connectivity index (χ1) is 7.69. The number of aromatic nitrogens is 1. The van der Waals surface area contributed by atoms with Crippen LogP contribution in [-0.2, 0) is 7.05 Å². The highest BCUT2D eigenvalue weighted by molar-refractivity contribution is 5.99. The molecule has 0 amide bonds. The van der Waals surface area contributed by atoms with E-state index in [1.807, 2.05) is 43.7 Å². The number of rotatable bonds is 3. The quantitative estimate of drug-likeness (QED) is 0.740. The van der Waals surface area contributed by atoms with E-state index in [1.165, 1.54) is 0 Å². The standard InChI is InChI=1S/C13H15NO2/c1-4-16-10-5-6-13-11(7-10)12(8-15)9(2)14(13)3/h5-8H,4H2,1-3H3. The number of carbonyl (C=O) groups excluding carboxylic acids is 1. The lowest BCUT2D eigenvalue weighted by Crippen LogP contribution is -1.92. The molecule has 16 heavy (non-hydrogen) atoms. The number of ether oxygens (including phenoxy) is 1. The van der Waals surface area contributed by atoms with E-state index < -0.39 is 0 Å². The molecule has 0 bridgehead atoms. The van der Waals surface area contributed by atoms with E-state index in [2.05, 4.69) is 0 Å². The van der Waals surface area contributed by atoms with Crippen molar-refractivity contribution in [2.75, 3.05) is 6.61 Å². The van der Waals surface area contributed by atoms with Crippen molar-refractivity contribution in [1.82, 2.24) is 4.57 Å². The van der Waals surface area contributed by atoms with E-state index in [-0.39, 0.29) is 0 Å². The molecule has 0 saturated carbocycles. The summed E-state index contributed by atoms with van der Waals surface area (Å²) in [5, 5.41) is 0.959. The SMILES string of the molecule is CCOc1ccc2c(c1)c(C=O)c(C)n2C. The van der Waals surface area contributed by atoms with Crippen molar-refractivity contribution in [3.8, 4) is 5.75 Å². The third-order valence-electron chi connectivity index (χ3n) is 2.94. The van der Waals surface area contributed by atoms with Gasteiger partial charge in [0.05, 0.1) is 6.61 Å². The van der Waals surface area contributed by atoms with Crippen molar-refractivity contribution < 1.29 is 9.53 Å². The van der Waals surface area contributed by atoms with Gasteiger partial charge in [-0.25, -0.2) is 0 Å². The predicted molar refractivity (Wildman–Crippen MR) is 64.2 cm³/mol. The van der Waals surface area contributed by atoms with Gasteiger partial charge in [0.2, 0.25) is 0 Å². The molecule has 3 heteroatoms. The maximum absolute atomic E-state index is 11.1. The van der Waals surface area contributed by atoms with Gasteiger partial charge in [0.25, 0.3) is 0 Å². The molecule has 1 heterocycles. The number of hydrogen-bond donors (Lipinski definition) is 0. The molecular formula is C13H15NO2. The number of aryl methyl sites for hydroxylation is 1. The lowest BCUT2D eigenvalue weighted by molar-refractivity contribution is 0.112. The fraction of sp³-hybridized carbons (Fsp3) is 0.308. The van der Waals surface area contributed by atoms with Crippen LogP contribution in [0.2, 0.25) is 0 Å². The molecule has 2 aromatic rings. The van der Waals surface area contributed by atoms with Crippen LogP contribution in [0.4, 0.5) is 0 Å². The highest BCUT2D eigenvalue weighted by atomic mass is 16.5. The molecule has 1 aromatic heterocycles. The molecule has 2 rings (SSSR count). The van der Waals surface area contributed by atoms with Crippen LogP contribution in [0.5, 0.6) is 5.75 Å². The Bertz CT molecular complexity index is 540. The van der Waals surface area contributed by atoms with E-state index in [0.717, 1.165) is 34.2 Å². The number of nitrogens with zero attached hydrogens (tertiary/aromatic N) is 1. The molecule has 84 valence electrons. The van der Waals surface area contributed by atoms with E-state index in [0.29, 0.717) is 6.61 Å². The first-order valence-electron chi connectivity index (χ1n) is 5.36. The van der Waals surface area contributed by atoms with Gasteiger partial charge in [0.15, 0.2) is 6.29 Å². The van der Waals surface area contributed by atoms with Gasteiger partial charge >= 0.3 is 0 Å². The summed E-state index contributed by atoms with van der Waals surface area (Å²) in [4.78, 5) is 11.1. The monoisotopic (exact) mass is 217 g/mol. The molecule has 0 radical (unpaired) electrons. The second-order valence-corrected chi connectivity index (χ2v) is 3.79. The Labute approximate surface area is 94.6 Å². The van der Waals surface area contributed by atoms with E-state index >= 15 is 0 Å². The zero-order valence-corrected chi connectivity index (χ0v) is 9.78. The zero-order chi connectivity index (χ0) is 11.7. The summed E-state index contributed by atoms with van der Waals surface area (Å²) in [5.41, 5.74) is 2.79. The molecule has 0 N–H and O–H groups in total. The number of fused-ring (bicyclic) bond motifs is 1. The summed E-state index contributed by atoms with van der Waals surface area (Å²) < 4.78 is 7.46. The molecule has 0 aliphatic rings. The van der Waals surface area contributed by atoms with Crippen molar-refractivity contribution in [3.63, 3.8) is 0 Å². The van der Waals surface area contributed by atoms with E-state index in [9.17, 15) is 4.79 Å². The van der Waals surface area contributed by atoms with Crippen LogP contribution in [-0.4, -0.2) is 17.5 Å². The van der Waals surface area contributed by atoms with Crippen LogP contribution in [0.25, 0.3) is 10.9 Å². The molecule has 0 spiro atoms. The summed E-state index contributed by atoms with van der Waals surface area (Å²) in [5.74, 6) is 0.809. The van der Waals surface area contributed by atoms with Crippen molar-refractivity contribution in [2.45, 2.75) is 13.8 Å². The van der Waals surface area contributed by atoms with Crippen LogP contribution >= 0.6 is 0 Å². The van der Waals surface area contributed by atoms with Gasteiger partial charge in [-0.15, -0.1) is 0 Å². The van der Waals surface area contributed by atoms with Gasteiger partial charge < -0.3 is 9.30 Å². The number of carbonyl (C=O) groups is 1. The molecule has 0 saturated heterocycles. The second-order valence-electron chi connectivity index (χ2n) is 3.79. The van der Waals surface area contributed by atoms with Crippen molar-refractivity contribution in [3.05, 3.63) is 29.5 Å². The predicted octanol–water partition coefficient (Wildman–Crippen LogP) is 2.70. The first-order valence-corrected chi connectivity index (χ1v) is 5.36. The Kier molecular flexibility index (Phi) is 2.69. The summed E-state index contributed by atoms with van der Waals surface area (Å²) in [6, 6.07) is 5.84. The van der Waals surface area contributed by atoms with Crippen LogP contribution in [0.15, 0.2) is 18.2 Å². The minimum atomic E-state index is 0.633. The Morgan fingerprint density at radius 1 is 1.44 bits per heavy atom. The number of benzene rings is 1. The fourth-order valence-corrected chi connectivity index (χ4v) is 1.98. The highest BCUT2D eigenvalue weighted by Gasteiger charge is 2.11. The van der Waals surface area contributed by atoms with Crippen LogP contribution in [0.1, 0.15) is 23.0 Å². The van der Waals surface area contributed by atoms with E-state index in [4.69, 9.17) is 4.74 Å². The molecule has 0 unspecified atom stereocenters. The lowest BCUT2D eigenvalue weighted by atomic mass is 10.1. The smallest absolute Gasteiger partial charge is 0.152 e. The lowest BCUT2D eigenvalue weighted by Gasteiger charge is -2.03. The maximum Gasteiger partial charge on any atom is 0.152 e. The largest absolute Gasteiger partial charge is 0.494 e. The molecule has 0 aliphatic carbocycles. The van der Waals surface area contributed by atoms with Crippen molar-refractivity contribution in [2.24, 2.45) is 7.05 Å². The molecular weight excluding hydrogens is 202 g/mol. The number of hydrogen-bond acceptors (Lipinski definition) is 2. The zero-order valence-electron chi connectivity index (χ0n) is 9.78. The van der Waals surface area contributed by atoms with Gasteiger partial charge in [-0.05, 0) is 32.0 Å². The van der Waals surface area contributed by atoms with Gasteiger partial charge in [0.1, 0.15) is 5.75 Å². The number of aldehydes is 1. The minimum absolute atomic E-state index is 0.633. The summed E-state index contributed by atoms with van der Waals surface area (Å²) >= 11 is 0. The van der Waals surface area contributed by atoms with Gasteiger partial charge in [0, 0.05) is 29.2 Å². The molecule has 0 aliphatic heterocycles. The average Bonchev–Trinajstić information content (AvgIpc) is 2.52. The van der Waals surface area contributed by atoms with Crippen LogP contribution < -0.4 is 4.74 Å². The normalized spacial score (nSPS) is 10.7. The van der Waals surface area contributed by atoms with Crippen molar-refractivity contribution in [1.29, 1.82) is 0 Å². The third kappa shape index (κ3) is 1.48. The Balaban J connectivity index is 2.71. The van der Waals surface area contributed by atoms with Crippen LogP contribution in [0, 0.1) is 6.92 Å². The fourth-order valence-electron chi connectivity index (χ4n) is 1.98. The summed E-state index contributed by atoms with van der Waals surface area (Å²) in [6.07, 6.45) is 0.910. The maximum atomic E-state index is 11.1. The molecule has 1 aromatic carbocycles. The second kappa shape index (κ2) is 4.00. The summed E-state index contributed by atoms with van der Waals surface area (Å²) in [6.45, 7) is 4.53. The topological polar surface area (TPSA) is 31.2 Å². The third-order valence-corrected chi connectivity index (χ3v) is 2.94. The van der Waals surface area contributed by atoms with Gasteiger partial charge in [-0.3, -0.25) is 4.79 Å². The van der Waals surface area contributed by atoms with Gasteiger partial charge in [-0.2, -0.15) is 0 Å². The molecule has 0 atom stereocenters. The average molecular weight is 217 g/mol. The van der Waals surface area contributed by atoms with Gasteiger partial charge in [-0.1, -0.05) is 0 Å². The Hall–Kier alpha value is -1.77. The van der Waals surface area contributed by atoms with Crippen LogP contribution in [0.3, 0.4) is 0 Å². The Morgan fingerprint density at radius 3 is 2.81 bits per heavy atom. The molecule has 3 nitrogen and oxygen atoms in total. The minimum Gasteiger partial charge on any atom is -0.494 e. The van der Waals surface area contributed by atoms with E-state index in [1.54, 1.807) is 0 Å². The highest BCUT2D eigenvalue weighted by Crippen LogP contribution is 2.27.